The number of aromatic nitrogens is 4. The molecule has 0 aliphatic heterocycles. The summed E-state index contributed by atoms with van der Waals surface area (Å²) in [7, 11) is 3.40. The van der Waals surface area contributed by atoms with Gasteiger partial charge in [0, 0.05) is 6.54 Å². The Labute approximate surface area is 252 Å². The Morgan fingerprint density at radius 1 is 0.860 bits per heavy atom. The number of carbonyl (C=O) groups excluding carboxylic acids is 2. The van der Waals surface area contributed by atoms with E-state index in [4.69, 9.17) is 0 Å². The minimum absolute atomic E-state index is 0.117. The van der Waals surface area contributed by atoms with Crippen LogP contribution in [-0.4, -0.2) is 75.5 Å². The second-order valence-electron chi connectivity index (χ2n) is 11.1. The highest BCUT2D eigenvalue weighted by molar-refractivity contribution is 5.82. The maximum absolute atomic E-state index is 12.7. The molecular formula is C33H41N7O3. The second kappa shape index (κ2) is 13.7. The minimum atomic E-state index is -0.627. The summed E-state index contributed by atoms with van der Waals surface area (Å²) in [5.74, 6) is 1.50. The zero-order valence-electron chi connectivity index (χ0n) is 25.5. The van der Waals surface area contributed by atoms with Gasteiger partial charge in [0.1, 0.15) is 18.2 Å². The van der Waals surface area contributed by atoms with E-state index in [2.05, 4.69) is 85.3 Å². The largest absolute Gasteiger partial charge is 0.453 e. The van der Waals surface area contributed by atoms with E-state index in [9.17, 15) is 9.59 Å². The SMILES string of the molecule is CCCN(C)Cc1ncc(-c2ccc3c(c2)CCc2cc(-c4cnc(CN(CCC)C(=O)CNC(=O)OC)[nH]4)ccc2-3)[nH]1. The van der Waals surface area contributed by atoms with E-state index >= 15 is 0 Å². The number of fused-ring (bicyclic) bond motifs is 3. The summed E-state index contributed by atoms with van der Waals surface area (Å²) < 4.78 is 4.57. The third kappa shape index (κ3) is 7.14. The number of imidazole rings is 2. The summed E-state index contributed by atoms with van der Waals surface area (Å²) >= 11 is 0. The van der Waals surface area contributed by atoms with Crippen LogP contribution in [0.15, 0.2) is 48.8 Å². The molecule has 0 saturated carbocycles. The molecule has 2 aromatic heterocycles. The number of H-pyrrole nitrogens is 2. The van der Waals surface area contributed by atoms with Gasteiger partial charge in [0.2, 0.25) is 5.91 Å². The molecule has 0 saturated heterocycles. The van der Waals surface area contributed by atoms with Crippen molar-refractivity contribution in [2.45, 2.75) is 52.6 Å². The monoisotopic (exact) mass is 583 g/mol. The van der Waals surface area contributed by atoms with Gasteiger partial charge in [-0.1, -0.05) is 38.1 Å². The number of nitrogens with one attached hydrogen (secondary N) is 3. The van der Waals surface area contributed by atoms with E-state index < -0.39 is 6.09 Å². The summed E-state index contributed by atoms with van der Waals surface area (Å²) in [6.07, 6.45) is 6.99. The van der Waals surface area contributed by atoms with Gasteiger partial charge in [-0.2, -0.15) is 0 Å². The van der Waals surface area contributed by atoms with Gasteiger partial charge in [-0.05, 0) is 84.8 Å². The first-order valence-corrected chi connectivity index (χ1v) is 15.0. The van der Waals surface area contributed by atoms with Gasteiger partial charge in [0.25, 0.3) is 0 Å². The highest BCUT2D eigenvalue weighted by Gasteiger charge is 2.20. The lowest BCUT2D eigenvalue weighted by Gasteiger charge is -2.21. The molecule has 0 unspecified atom stereocenters. The number of alkyl carbamates (subject to hydrolysis) is 1. The fourth-order valence-electron chi connectivity index (χ4n) is 5.70. The number of aryl methyl sites for hydroxylation is 2. The van der Waals surface area contributed by atoms with Gasteiger partial charge in [-0.3, -0.25) is 9.69 Å². The smallest absolute Gasteiger partial charge is 0.407 e. The Kier molecular flexibility index (Phi) is 9.56. The molecule has 1 aliphatic rings. The molecule has 2 aromatic carbocycles. The van der Waals surface area contributed by atoms with Crippen LogP contribution in [0.3, 0.4) is 0 Å². The number of methoxy groups -OCH3 is 1. The molecule has 2 heterocycles. The van der Waals surface area contributed by atoms with Crippen LogP contribution in [0.5, 0.6) is 0 Å². The molecule has 1 aliphatic carbocycles. The molecule has 43 heavy (non-hydrogen) atoms. The zero-order valence-corrected chi connectivity index (χ0v) is 25.5. The minimum Gasteiger partial charge on any atom is -0.453 e. The lowest BCUT2D eigenvalue weighted by molar-refractivity contribution is -0.130. The average Bonchev–Trinajstić information content (AvgIpc) is 3.69. The molecule has 226 valence electrons. The van der Waals surface area contributed by atoms with Crippen molar-refractivity contribution in [2.24, 2.45) is 0 Å². The topological polar surface area (TPSA) is 119 Å². The van der Waals surface area contributed by atoms with Crippen molar-refractivity contribution >= 4 is 12.0 Å². The molecule has 4 aromatic rings. The Bertz CT molecular complexity index is 1570. The predicted molar refractivity (Wildman–Crippen MR) is 167 cm³/mol. The second-order valence-corrected chi connectivity index (χ2v) is 11.1. The van der Waals surface area contributed by atoms with Crippen LogP contribution in [0.4, 0.5) is 4.79 Å². The molecule has 0 bridgehead atoms. The van der Waals surface area contributed by atoms with E-state index in [1.54, 1.807) is 4.90 Å². The van der Waals surface area contributed by atoms with E-state index in [0.717, 1.165) is 67.1 Å². The number of nitrogens with zero attached hydrogens (tertiary/aromatic N) is 4. The Hall–Kier alpha value is -4.44. The van der Waals surface area contributed by atoms with E-state index in [1.165, 1.54) is 29.4 Å². The van der Waals surface area contributed by atoms with Crippen LogP contribution < -0.4 is 5.32 Å². The molecular weight excluding hydrogens is 542 g/mol. The molecule has 10 heteroatoms. The lowest BCUT2D eigenvalue weighted by atomic mass is 9.83. The van der Waals surface area contributed by atoms with Crippen LogP contribution in [0.25, 0.3) is 33.6 Å². The highest BCUT2D eigenvalue weighted by atomic mass is 16.5. The molecule has 2 amide bonds. The number of ether oxygens (including phenoxy) is 1. The van der Waals surface area contributed by atoms with Crippen molar-refractivity contribution in [3.63, 3.8) is 0 Å². The lowest BCUT2D eigenvalue weighted by Crippen LogP contribution is -2.40. The number of aromatic amines is 2. The summed E-state index contributed by atoms with van der Waals surface area (Å²) in [6.45, 7) is 6.85. The summed E-state index contributed by atoms with van der Waals surface area (Å²) in [5, 5.41) is 2.46. The fourth-order valence-corrected chi connectivity index (χ4v) is 5.70. The van der Waals surface area contributed by atoms with Crippen molar-refractivity contribution in [1.29, 1.82) is 0 Å². The van der Waals surface area contributed by atoms with Crippen molar-refractivity contribution in [2.75, 3.05) is 33.8 Å². The van der Waals surface area contributed by atoms with Gasteiger partial charge in [-0.25, -0.2) is 14.8 Å². The molecule has 10 nitrogen and oxygen atoms in total. The standard InChI is InChI=1S/C33H41N7O3/c1-5-13-39(3)20-30-34-17-28(37-30)24-9-11-26-22(15-24)7-8-23-16-25(10-12-27(23)26)29-18-35-31(38-29)21-40(14-6-2)32(41)19-36-33(42)43-4/h9-12,15-18H,5-8,13-14,19-21H2,1-4H3,(H,34,37)(H,35,38)(H,36,42). The van der Waals surface area contributed by atoms with Gasteiger partial charge in [0.05, 0.1) is 44.0 Å². The summed E-state index contributed by atoms with van der Waals surface area (Å²) in [4.78, 5) is 44.1. The first-order chi connectivity index (χ1) is 20.9. The van der Waals surface area contributed by atoms with E-state index in [0.29, 0.717) is 18.9 Å². The molecule has 5 rings (SSSR count). The van der Waals surface area contributed by atoms with Gasteiger partial charge in [-0.15, -0.1) is 0 Å². The average molecular weight is 584 g/mol. The van der Waals surface area contributed by atoms with Crippen LogP contribution >= 0.6 is 0 Å². The summed E-state index contributed by atoms with van der Waals surface area (Å²) in [5.41, 5.74) is 9.40. The van der Waals surface area contributed by atoms with Crippen LogP contribution in [0.2, 0.25) is 0 Å². The number of rotatable bonds is 12. The quantitative estimate of drug-likeness (QED) is 0.212. The Morgan fingerprint density at radius 3 is 1.95 bits per heavy atom. The number of hydrogen-bond donors (Lipinski definition) is 3. The summed E-state index contributed by atoms with van der Waals surface area (Å²) in [6, 6.07) is 13.3. The van der Waals surface area contributed by atoms with E-state index in [-0.39, 0.29) is 12.5 Å². The van der Waals surface area contributed by atoms with Gasteiger partial charge < -0.3 is 24.9 Å². The Balaban J connectivity index is 1.28. The normalized spacial score (nSPS) is 12.1. The zero-order chi connectivity index (χ0) is 30.3. The van der Waals surface area contributed by atoms with Gasteiger partial charge >= 0.3 is 6.09 Å². The number of amides is 2. The van der Waals surface area contributed by atoms with Crippen molar-refractivity contribution in [1.82, 2.24) is 35.1 Å². The van der Waals surface area contributed by atoms with Crippen LogP contribution in [0.1, 0.15) is 49.5 Å². The fraction of sp³-hybridized carbons (Fsp3) is 0.394. The van der Waals surface area contributed by atoms with Gasteiger partial charge in [0.15, 0.2) is 0 Å². The first-order valence-electron chi connectivity index (χ1n) is 15.0. The number of hydrogen-bond acceptors (Lipinski definition) is 6. The predicted octanol–water partition coefficient (Wildman–Crippen LogP) is 5.17. The number of carbonyl (C=O) groups is 2. The van der Waals surface area contributed by atoms with Crippen molar-refractivity contribution in [3.05, 3.63) is 71.6 Å². The van der Waals surface area contributed by atoms with Crippen LogP contribution in [-0.2, 0) is 35.5 Å². The van der Waals surface area contributed by atoms with Crippen molar-refractivity contribution < 1.29 is 14.3 Å². The molecule has 0 fully saturated rings. The molecule has 0 spiro atoms. The van der Waals surface area contributed by atoms with Crippen LogP contribution in [0, 0.1) is 0 Å². The van der Waals surface area contributed by atoms with E-state index in [1.807, 2.05) is 19.3 Å². The number of benzene rings is 2. The third-order valence-electron chi connectivity index (χ3n) is 7.82. The maximum Gasteiger partial charge on any atom is 0.407 e. The molecule has 0 atom stereocenters. The van der Waals surface area contributed by atoms with Crippen molar-refractivity contribution in [3.8, 4) is 33.6 Å². The maximum atomic E-state index is 12.7. The highest BCUT2D eigenvalue weighted by Crippen LogP contribution is 2.37. The Morgan fingerprint density at radius 2 is 1.42 bits per heavy atom. The third-order valence-corrected chi connectivity index (χ3v) is 7.82. The first kappa shape index (κ1) is 30.0. The molecule has 3 N–H and O–H groups in total. The molecule has 0 radical (unpaired) electrons.